The van der Waals surface area contributed by atoms with Gasteiger partial charge in [0.05, 0.1) is 4.92 Å². The van der Waals surface area contributed by atoms with Crippen LogP contribution in [-0.4, -0.2) is 26.9 Å². The molecule has 0 saturated carbocycles. The van der Waals surface area contributed by atoms with Gasteiger partial charge in [0.1, 0.15) is 0 Å². The zero-order valence-corrected chi connectivity index (χ0v) is 7.32. The van der Waals surface area contributed by atoms with Crippen LogP contribution in [0.25, 0.3) is 0 Å². The van der Waals surface area contributed by atoms with Crippen LogP contribution in [0.1, 0.15) is 5.56 Å². The fourth-order valence-electron chi connectivity index (χ4n) is 0.991. The number of nitro groups is 1. The van der Waals surface area contributed by atoms with E-state index >= 15 is 0 Å². The molecule has 0 aliphatic heterocycles. The Kier molecular flexibility index (Phi) is 2.97. The van der Waals surface area contributed by atoms with Gasteiger partial charge in [-0.1, -0.05) is 17.3 Å². The third kappa shape index (κ3) is 2.27. The lowest BCUT2D eigenvalue weighted by Gasteiger charge is -1.98. The molecule has 0 aliphatic carbocycles. The normalized spacial score (nSPS) is 11.1. The van der Waals surface area contributed by atoms with Gasteiger partial charge >= 0.3 is 5.97 Å². The summed E-state index contributed by atoms with van der Waals surface area (Å²) in [6, 6.07) is 4.83. The van der Waals surface area contributed by atoms with Gasteiger partial charge in [0.2, 0.25) is 0 Å². The summed E-state index contributed by atoms with van der Waals surface area (Å²) in [4.78, 5) is 20.3. The molecule has 1 aromatic carbocycles. The molecule has 7 heteroatoms. The number of nitro benzene ring substituents is 1. The summed E-state index contributed by atoms with van der Waals surface area (Å²) in [5, 5.41) is 30.0. The largest absolute Gasteiger partial charge is 0.476 e. The molecular weight excluding hydrogens is 204 g/mol. The van der Waals surface area contributed by atoms with Gasteiger partial charge in [0, 0.05) is 17.7 Å². The Morgan fingerprint density at radius 1 is 1.47 bits per heavy atom. The van der Waals surface area contributed by atoms with Crippen LogP contribution >= 0.6 is 0 Å². The second-order valence-corrected chi connectivity index (χ2v) is 2.56. The number of non-ortho nitro benzene ring substituents is 1. The molecule has 0 amide bonds. The molecule has 2 N–H and O–H groups in total. The van der Waals surface area contributed by atoms with E-state index in [1.165, 1.54) is 18.2 Å². The molecule has 78 valence electrons. The highest BCUT2D eigenvalue weighted by atomic mass is 16.6. The standard InChI is InChI=1S/C8H6N2O5/c11-8(12)7(9-13)5-2-1-3-6(4-5)10(14)15/h1-4,13H,(H,11,12). The second kappa shape index (κ2) is 4.18. The zero-order chi connectivity index (χ0) is 11.4. The van der Waals surface area contributed by atoms with E-state index in [4.69, 9.17) is 10.3 Å². The SMILES string of the molecule is O=C(O)C(=NO)c1cccc([N+](=O)[O-])c1. The maximum absolute atomic E-state index is 10.6. The van der Waals surface area contributed by atoms with Crippen LogP contribution in [0, 0.1) is 10.1 Å². The van der Waals surface area contributed by atoms with E-state index in [9.17, 15) is 14.9 Å². The minimum atomic E-state index is -1.46. The second-order valence-electron chi connectivity index (χ2n) is 2.56. The van der Waals surface area contributed by atoms with Crippen molar-refractivity contribution in [3.8, 4) is 0 Å². The van der Waals surface area contributed by atoms with Crippen molar-refractivity contribution in [1.29, 1.82) is 0 Å². The van der Waals surface area contributed by atoms with Gasteiger partial charge in [-0.15, -0.1) is 0 Å². The Morgan fingerprint density at radius 2 is 2.13 bits per heavy atom. The van der Waals surface area contributed by atoms with Crippen molar-refractivity contribution in [2.45, 2.75) is 0 Å². The number of carboxylic acid groups (broad SMARTS) is 1. The predicted molar refractivity (Wildman–Crippen MR) is 49.1 cm³/mol. The van der Waals surface area contributed by atoms with Crippen LogP contribution in [0.15, 0.2) is 29.4 Å². The van der Waals surface area contributed by atoms with E-state index in [0.717, 1.165) is 6.07 Å². The van der Waals surface area contributed by atoms with Crippen molar-refractivity contribution < 1.29 is 20.0 Å². The van der Waals surface area contributed by atoms with E-state index in [1.807, 2.05) is 0 Å². The molecule has 0 heterocycles. The molecule has 0 unspecified atom stereocenters. The first-order valence-electron chi connectivity index (χ1n) is 3.76. The molecule has 0 aliphatic rings. The molecule has 0 fully saturated rings. The average molecular weight is 210 g/mol. The maximum Gasteiger partial charge on any atom is 0.358 e. The first-order valence-corrected chi connectivity index (χ1v) is 3.76. The summed E-state index contributed by atoms with van der Waals surface area (Å²) in [6.45, 7) is 0. The first-order chi connectivity index (χ1) is 7.06. The molecule has 0 atom stereocenters. The number of oxime groups is 1. The van der Waals surface area contributed by atoms with Crippen molar-refractivity contribution >= 4 is 17.4 Å². The topological polar surface area (TPSA) is 113 Å². The smallest absolute Gasteiger partial charge is 0.358 e. The third-order valence-electron chi connectivity index (χ3n) is 1.63. The molecule has 15 heavy (non-hydrogen) atoms. The van der Waals surface area contributed by atoms with E-state index in [1.54, 1.807) is 0 Å². The van der Waals surface area contributed by atoms with Crippen LogP contribution in [-0.2, 0) is 4.79 Å². The highest BCUT2D eigenvalue weighted by molar-refractivity contribution is 6.42. The Hall–Kier alpha value is -2.44. The van der Waals surface area contributed by atoms with Crippen LogP contribution in [0.2, 0.25) is 0 Å². The van der Waals surface area contributed by atoms with Gasteiger partial charge < -0.3 is 10.3 Å². The lowest BCUT2D eigenvalue weighted by atomic mass is 10.1. The summed E-state index contributed by atoms with van der Waals surface area (Å²) in [5.74, 6) is -1.46. The van der Waals surface area contributed by atoms with Gasteiger partial charge in [0.25, 0.3) is 5.69 Å². The molecular formula is C8H6N2O5. The minimum absolute atomic E-state index is 0.0285. The predicted octanol–water partition coefficient (Wildman–Crippen LogP) is 0.858. The molecule has 0 radical (unpaired) electrons. The average Bonchev–Trinajstić information content (AvgIpc) is 2.18. The zero-order valence-electron chi connectivity index (χ0n) is 7.32. The summed E-state index contributed by atoms with van der Waals surface area (Å²) in [5.41, 5.74) is -0.937. The Bertz CT molecular complexity index is 440. The summed E-state index contributed by atoms with van der Waals surface area (Å²) in [7, 11) is 0. The highest BCUT2D eigenvalue weighted by Gasteiger charge is 2.16. The van der Waals surface area contributed by atoms with Crippen molar-refractivity contribution in [3.63, 3.8) is 0 Å². The van der Waals surface area contributed by atoms with Gasteiger partial charge in [-0.25, -0.2) is 4.79 Å². The number of carbonyl (C=O) groups is 1. The van der Waals surface area contributed by atoms with Crippen molar-refractivity contribution in [2.75, 3.05) is 0 Å². The number of hydrogen-bond acceptors (Lipinski definition) is 5. The summed E-state index contributed by atoms with van der Waals surface area (Å²) in [6.07, 6.45) is 0. The maximum atomic E-state index is 10.6. The third-order valence-corrected chi connectivity index (χ3v) is 1.63. The van der Waals surface area contributed by atoms with Gasteiger partial charge in [0.15, 0.2) is 5.71 Å². The number of benzene rings is 1. The lowest BCUT2D eigenvalue weighted by molar-refractivity contribution is -0.384. The van der Waals surface area contributed by atoms with Gasteiger partial charge in [-0.2, -0.15) is 0 Å². The van der Waals surface area contributed by atoms with Crippen molar-refractivity contribution in [3.05, 3.63) is 39.9 Å². The summed E-state index contributed by atoms with van der Waals surface area (Å²) >= 11 is 0. The van der Waals surface area contributed by atoms with Crippen LogP contribution in [0.5, 0.6) is 0 Å². The number of aliphatic carboxylic acids is 1. The Balaban J connectivity index is 3.21. The number of carboxylic acids is 1. The van der Waals surface area contributed by atoms with E-state index < -0.39 is 16.6 Å². The van der Waals surface area contributed by atoms with E-state index in [0.29, 0.717) is 0 Å². The van der Waals surface area contributed by atoms with Crippen molar-refractivity contribution in [1.82, 2.24) is 0 Å². The first kappa shape index (κ1) is 10.6. The molecule has 0 bridgehead atoms. The van der Waals surface area contributed by atoms with Crippen LogP contribution in [0.4, 0.5) is 5.69 Å². The molecule has 7 nitrogen and oxygen atoms in total. The molecule has 1 aromatic rings. The van der Waals surface area contributed by atoms with Crippen molar-refractivity contribution in [2.24, 2.45) is 5.16 Å². The lowest BCUT2D eigenvalue weighted by Crippen LogP contribution is -2.14. The number of hydrogen-bond donors (Lipinski definition) is 2. The number of rotatable bonds is 3. The van der Waals surface area contributed by atoms with E-state index in [-0.39, 0.29) is 11.3 Å². The molecule has 0 spiro atoms. The quantitative estimate of drug-likeness (QED) is 0.332. The van der Waals surface area contributed by atoms with Crippen LogP contribution < -0.4 is 0 Å². The molecule has 1 rings (SSSR count). The fraction of sp³-hybridized carbons (Fsp3) is 0. The van der Waals surface area contributed by atoms with Gasteiger partial charge in [-0.05, 0) is 0 Å². The number of nitrogens with zero attached hydrogens (tertiary/aromatic N) is 2. The Morgan fingerprint density at radius 3 is 2.60 bits per heavy atom. The Labute approximate surface area is 83.4 Å². The fourth-order valence-corrected chi connectivity index (χ4v) is 0.991. The molecule has 0 aromatic heterocycles. The minimum Gasteiger partial charge on any atom is -0.476 e. The monoisotopic (exact) mass is 210 g/mol. The van der Waals surface area contributed by atoms with Gasteiger partial charge in [-0.3, -0.25) is 10.1 Å². The summed E-state index contributed by atoms with van der Waals surface area (Å²) < 4.78 is 0. The van der Waals surface area contributed by atoms with E-state index in [2.05, 4.69) is 5.16 Å². The highest BCUT2D eigenvalue weighted by Crippen LogP contribution is 2.13. The molecule has 0 saturated heterocycles. The van der Waals surface area contributed by atoms with Crippen LogP contribution in [0.3, 0.4) is 0 Å².